The summed E-state index contributed by atoms with van der Waals surface area (Å²) in [6.07, 6.45) is 0.971. The highest BCUT2D eigenvalue weighted by atomic mass is 16.1. The Kier molecular flexibility index (Phi) is 3.69. The largest absolute Gasteiger partial charge is 0.352 e. The third kappa shape index (κ3) is 2.13. The van der Waals surface area contributed by atoms with Crippen LogP contribution in [0.1, 0.15) is 35.3 Å². The van der Waals surface area contributed by atoms with Crippen molar-refractivity contribution in [3.05, 3.63) is 34.9 Å². The summed E-state index contributed by atoms with van der Waals surface area (Å²) < 4.78 is 0. The topological polar surface area (TPSA) is 29.1 Å². The molecule has 1 N–H and O–H groups in total. The standard InChI is InChI=1S/C12H17NO/c1-4-10-7-6-8-11(9(10)3)12(14)13-5-2/h6-8H,4-5H2,1-3H3,(H,13,14). The van der Waals surface area contributed by atoms with Gasteiger partial charge in [0.1, 0.15) is 0 Å². The molecule has 1 rings (SSSR count). The second-order valence-corrected chi connectivity index (χ2v) is 3.30. The van der Waals surface area contributed by atoms with Gasteiger partial charge in [-0.3, -0.25) is 4.79 Å². The van der Waals surface area contributed by atoms with Crippen LogP contribution in [0.25, 0.3) is 0 Å². The molecule has 1 aromatic rings. The molecule has 0 aliphatic heterocycles. The minimum Gasteiger partial charge on any atom is -0.352 e. The van der Waals surface area contributed by atoms with Crippen molar-refractivity contribution in [1.29, 1.82) is 0 Å². The molecule has 14 heavy (non-hydrogen) atoms. The molecule has 0 aromatic heterocycles. The highest BCUT2D eigenvalue weighted by molar-refractivity contribution is 5.95. The molecule has 0 aliphatic carbocycles. The van der Waals surface area contributed by atoms with Crippen LogP contribution in [0, 0.1) is 6.92 Å². The first kappa shape index (κ1) is 10.8. The number of nitrogens with one attached hydrogen (secondary N) is 1. The number of carbonyl (C=O) groups excluding carboxylic acids is 1. The van der Waals surface area contributed by atoms with E-state index < -0.39 is 0 Å². The summed E-state index contributed by atoms with van der Waals surface area (Å²) in [6.45, 7) is 6.71. The Morgan fingerprint density at radius 3 is 2.64 bits per heavy atom. The number of amides is 1. The summed E-state index contributed by atoms with van der Waals surface area (Å²) in [5.41, 5.74) is 3.14. The van der Waals surface area contributed by atoms with Crippen LogP contribution in [0.5, 0.6) is 0 Å². The molecule has 2 heteroatoms. The zero-order valence-electron chi connectivity index (χ0n) is 9.05. The lowest BCUT2D eigenvalue weighted by molar-refractivity contribution is 0.0955. The lowest BCUT2D eigenvalue weighted by Crippen LogP contribution is -2.23. The average molecular weight is 191 g/mol. The first-order valence-corrected chi connectivity index (χ1v) is 5.07. The third-order valence-electron chi connectivity index (χ3n) is 2.41. The maximum Gasteiger partial charge on any atom is 0.251 e. The predicted octanol–water partition coefficient (Wildman–Crippen LogP) is 2.31. The van der Waals surface area contributed by atoms with Gasteiger partial charge in [-0.15, -0.1) is 0 Å². The van der Waals surface area contributed by atoms with Crippen molar-refractivity contribution in [2.24, 2.45) is 0 Å². The maximum absolute atomic E-state index is 11.6. The van der Waals surface area contributed by atoms with Crippen molar-refractivity contribution >= 4 is 5.91 Å². The van der Waals surface area contributed by atoms with Crippen LogP contribution in [0.2, 0.25) is 0 Å². The monoisotopic (exact) mass is 191 g/mol. The number of rotatable bonds is 3. The van der Waals surface area contributed by atoms with Gasteiger partial charge in [-0.1, -0.05) is 19.1 Å². The van der Waals surface area contributed by atoms with Gasteiger partial charge in [0.05, 0.1) is 0 Å². The van der Waals surface area contributed by atoms with Crippen molar-refractivity contribution in [2.45, 2.75) is 27.2 Å². The summed E-state index contributed by atoms with van der Waals surface area (Å²) in [6, 6.07) is 5.88. The van der Waals surface area contributed by atoms with E-state index in [0.717, 1.165) is 17.5 Å². The molecule has 1 amide bonds. The Morgan fingerprint density at radius 1 is 1.36 bits per heavy atom. The van der Waals surface area contributed by atoms with Gasteiger partial charge in [0.2, 0.25) is 0 Å². The molecule has 0 heterocycles. The van der Waals surface area contributed by atoms with Crippen LogP contribution < -0.4 is 5.32 Å². The smallest absolute Gasteiger partial charge is 0.251 e. The minimum absolute atomic E-state index is 0.0281. The highest BCUT2D eigenvalue weighted by Crippen LogP contribution is 2.14. The van der Waals surface area contributed by atoms with E-state index in [1.807, 2.05) is 26.0 Å². The number of hydrogen-bond acceptors (Lipinski definition) is 1. The van der Waals surface area contributed by atoms with E-state index in [1.165, 1.54) is 5.56 Å². The van der Waals surface area contributed by atoms with Gasteiger partial charge in [-0.2, -0.15) is 0 Å². The van der Waals surface area contributed by atoms with E-state index in [2.05, 4.69) is 18.3 Å². The molecule has 0 atom stereocenters. The summed E-state index contributed by atoms with van der Waals surface area (Å²) >= 11 is 0. The van der Waals surface area contributed by atoms with Crippen molar-refractivity contribution in [1.82, 2.24) is 5.32 Å². The van der Waals surface area contributed by atoms with E-state index in [0.29, 0.717) is 6.54 Å². The molecule has 0 fully saturated rings. The van der Waals surface area contributed by atoms with Crippen molar-refractivity contribution in [2.75, 3.05) is 6.54 Å². The SMILES string of the molecule is CCNC(=O)c1cccc(CC)c1C. The van der Waals surface area contributed by atoms with Crippen molar-refractivity contribution in [3.8, 4) is 0 Å². The summed E-state index contributed by atoms with van der Waals surface area (Å²) in [7, 11) is 0. The van der Waals surface area contributed by atoms with Crippen LogP contribution in [-0.2, 0) is 6.42 Å². The number of benzene rings is 1. The second kappa shape index (κ2) is 4.80. The molecular weight excluding hydrogens is 174 g/mol. The normalized spacial score (nSPS) is 9.93. The van der Waals surface area contributed by atoms with E-state index in [-0.39, 0.29) is 5.91 Å². The van der Waals surface area contributed by atoms with Crippen LogP contribution in [-0.4, -0.2) is 12.5 Å². The highest BCUT2D eigenvalue weighted by Gasteiger charge is 2.08. The molecule has 0 bridgehead atoms. The molecule has 0 saturated heterocycles. The van der Waals surface area contributed by atoms with Crippen molar-refractivity contribution in [3.63, 3.8) is 0 Å². The third-order valence-corrected chi connectivity index (χ3v) is 2.41. The molecule has 0 unspecified atom stereocenters. The Hall–Kier alpha value is -1.31. The molecule has 0 radical (unpaired) electrons. The predicted molar refractivity (Wildman–Crippen MR) is 58.6 cm³/mol. The molecule has 0 saturated carbocycles. The van der Waals surface area contributed by atoms with E-state index in [9.17, 15) is 4.79 Å². The fourth-order valence-electron chi connectivity index (χ4n) is 1.57. The number of aryl methyl sites for hydroxylation is 1. The molecule has 0 spiro atoms. The van der Waals surface area contributed by atoms with Gasteiger partial charge >= 0.3 is 0 Å². The summed E-state index contributed by atoms with van der Waals surface area (Å²) in [5.74, 6) is 0.0281. The summed E-state index contributed by atoms with van der Waals surface area (Å²) in [5, 5.41) is 2.82. The first-order chi connectivity index (χ1) is 6.70. The fraction of sp³-hybridized carbons (Fsp3) is 0.417. The van der Waals surface area contributed by atoms with Crippen LogP contribution in [0.3, 0.4) is 0 Å². The van der Waals surface area contributed by atoms with Crippen LogP contribution in [0.15, 0.2) is 18.2 Å². The molecule has 0 aliphatic rings. The maximum atomic E-state index is 11.6. The number of carbonyl (C=O) groups is 1. The minimum atomic E-state index is 0.0281. The summed E-state index contributed by atoms with van der Waals surface area (Å²) in [4.78, 5) is 11.6. The zero-order chi connectivity index (χ0) is 10.6. The number of hydrogen-bond donors (Lipinski definition) is 1. The van der Waals surface area contributed by atoms with Gasteiger partial charge < -0.3 is 5.32 Å². The van der Waals surface area contributed by atoms with Gasteiger partial charge in [0, 0.05) is 12.1 Å². The fourth-order valence-corrected chi connectivity index (χ4v) is 1.57. The molecule has 1 aromatic carbocycles. The Balaban J connectivity index is 3.03. The van der Waals surface area contributed by atoms with Gasteiger partial charge in [0.25, 0.3) is 5.91 Å². The average Bonchev–Trinajstić information content (AvgIpc) is 2.18. The van der Waals surface area contributed by atoms with Gasteiger partial charge in [-0.25, -0.2) is 0 Å². The van der Waals surface area contributed by atoms with Crippen LogP contribution in [0.4, 0.5) is 0 Å². The quantitative estimate of drug-likeness (QED) is 0.780. The van der Waals surface area contributed by atoms with Crippen molar-refractivity contribution < 1.29 is 4.79 Å². The van der Waals surface area contributed by atoms with Gasteiger partial charge in [-0.05, 0) is 37.5 Å². The Labute approximate surface area is 85.3 Å². The van der Waals surface area contributed by atoms with Crippen LogP contribution >= 0.6 is 0 Å². The van der Waals surface area contributed by atoms with E-state index in [4.69, 9.17) is 0 Å². The zero-order valence-corrected chi connectivity index (χ0v) is 9.05. The van der Waals surface area contributed by atoms with Gasteiger partial charge in [0.15, 0.2) is 0 Å². The van der Waals surface area contributed by atoms with E-state index >= 15 is 0 Å². The Morgan fingerprint density at radius 2 is 2.07 bits per heavy atom. The molecule has 2 nitrogen and oxygen atoms in total. The Bertz CT molecular complexity index is 331. The lowest BCUT2D eigenvalue weighted by atomic mass is 10.0. The van der Waals surface area contributed by atoms with E-state index in [1.54, 1.807) is 0 Å². The lowest BCUT2D eigenvalue weighted by Gasteiger charge is -2.09. The molecule has 76 valence electrons. The first-order valence-electron chi connectivity index (χ1n) is 5.07. The molecular formula is C12H17NO. The second-order valence-electron chi connectivity index (χ2n) is 3.30.